The van der Waals surface area contributed by atoms with Gasteiger partial charge in [-0.25, -0.2) is 0 Å². The van der Waals surface area contributed by atoms with E-state index in [0.29, 0.717) is 0 Å². The van der Waals surface area contributed by atoms with Crippen molar-refractivity contribution in [3.63, 3.8) is 0 Å². The van der Waals surface area contributed by atoms with E-state index in [4.69, 9.17) is 21.7 Å². The van der Waals surface area contributed by atoms with E-state index >= 15 is 0 Å². The lowest BCUT2D eigenvalue weighted by Crippen LogP contribution is -2.32. The molecule has 5 nitrogen and oxygen atoms in total. The second-order valence-electron chi connectivity index (χ2n) is 8.86. The maximum atomic E-state index is 12.8. The zero-order valence-electron chi connectivity index (χ0n) is 19.6. The van der Waals surface area contributed by atoms with Gasteiger partial charge in [-0.3, -0.25) is 9.79 Å². The average Bonchev–Trinajstić information content (AvgIpc) is 3.30. The van der Waals surface area contributed by atoms with Gasteiger partial charge in [-0.1, -0.05) is 78.3 Å². The highest BCUT2D eigenvalue weighted by molar-refractivity contribution is 6.33. The number of halogens is 1. The Hall–Kier alpha value is -4.22. The number of hydrogen-bond donors (Lipinski definition) is 0. The summed E-state index contributed by atoms with van der Waals surface area (Å²) in [5.74, 6) is 0. The molecular weight excluding hydrogens is 468 g/mol. The molecule has 0 fully saturated rings. The molecule has 2 atom stereocenters. The molecule has 176 valence electrons. The molecule has 3 aromatic carbocycles. The summed E-state index contributed by atoms with van der Waals surface area (Å²) in [4.78, 5) is 20.0. The summed E-state index contributed by atoms with van der Waals surface area (Å²) >= 11 is 6.42. The Morgan fingerprint density at radius 1 is 0.833 bits per heavy atom. The van der Waals surface area contributed by atoms with Crippen LogP contribution < -0.4 is 5.56 Å². The molecule has 36 heavy (non-hydrogen) atoms. The molecule has 6 heteroatoms. The standard InChI is InChI=1S/C30H23ClN4O/c1-20-8-2-5-11-26(20)35-28(36)18-17-25(33-35)30-29(32-27-12-6-7-19-34(27)30)22-15-13-21(14-16-22)23-9-3-4-10-24(23)31/h2-19,27,30H,1H3. The van der Waals surface area contributed by atoms with E-state index in [1.54, 1.807) is 6.07 Å². The molecule has 6 rings (SSSR count). The quantitative estimate of drug-likeness (QED) is 0.346. The van der Waals surface area contributed by atoms with Gasteiger partial charge in [0.05, 0.1) is 17.1 Å². The monoisotopic (exact) mass is 490 g/mol. The van der Waals surface area contributed by atoms with Gasteiger partial charge in [-0.2, -0.15) is 9.78 Å². The normalized spacial score (nSPS) is 18.3. The van der Waals surface area contributed by atoms with Gasteiger partial charge in [-0.05, 0) is 54.0 Å². The number of aryl methyl sites for hydroxylation is 1. The molecule has 2 aliphatic heterocycles. The predicted octanol–water partition coefficient (Wildman–Crippen LogP) is 6.12. The van der Waals surface area contributed by atoms with E-state index in [2.05, 4.69) is 35.2 Å². The number of hydrogen-bond acceptors (Lipinski definition) is 4. The Kier molecular flexibility index (Phi) is 5.62. The first kappa shape index (κ1) is 22.3. The van der Waals surface area contributed by atoms with E-state index in [0.717, 1.165) is 44.4 Å². The first-order chi connectivity index (χ1) is 17.6. The Labute approximate surface area is 214 Å². The molecule has 0 N–H and O–H groups in total. The van der Waals surface area contributed by atoms with Gasteiger partial charge < -0.3 is 4.90 Å². The second kappa shape index (κ2) is 9.10. The fourth-order valence-corrected chi connectivity index (χ4v) is 5.03. The first-order valence-electron chi connectivity index (χ1n) is 11.8. The molecule has 0 aliphatic carbocycles. The zero-order valence-corrected chi connectivity index (χ0v) is 20.4. The van der Waals surface area contributed by atoms with Gasteiger partial charge >= 0.3 is 0 Å². The number of aliphatic imine (C=N–C) groups is 1. The third-order valence-corrected chi connectivity index (χ3v) is 6.93. The van der Waals surface area contributed by atoms with Crippen LogP contribution in [0.1, 0.15) is 22.9 Å². The number of benzene rings is 3. The topological polar surface area (TPSA) is 50.5 Å². The number of nitrogens with zero attached hydrogens (tertiary/aromatic N) is 4. The van der Waals surface area contributed by atoms with Gasteiger partial charge in [0.15, 0.2) is 0 Å². The van der Waals surface area contributed by atoms with Crippen LogP contribution in [0.15, 0.2) is 119 Å². The van der Waals surface area contributed by atoms with Crippen LogP contribution in [0.4, 0.5) is 0 Å². The third-order valence-electron chi connectivity index (χ3n) is 6.60. The van der Waals surface area contributed by atoms with E-state index in [9.17, 15) is 4.79 Å². The van der Waals surface area contributed by atoms with Crippen molar-refractivity contribution >= 4 is 17.3 Å². The minimum atomic E-state index is -0.238. The maximum absolute atomic E-state index is 12.8. The van der Waals surface area contributed by atoms with Crippen molar-refractivity contribution < 1.29 is 0 Å². The molecule has 4 aromatic rings. The maximum Gasteiger partial charge on any atom is 0.271 e. The number of para-hydroxylation sites is 1. The van der Waals surface area contributed by atoms with E-state index in [-0.39, 0.29) is 17.8 Å². The summed E-state index contributed by atoms with van der Waals surface area (Å²) < 4.78 is 1.49. The highest BCUT2D eigenvalue weighted by Crippen LogP contribution is 2.36. The second-order valence-corrected chi connectivity index (χ2v) is 9.26. The lowest BCUT2D eigenvalue weighted by molar-refractivity contribution is 0.314. The number of rotatable bonds is 4. The molecule has 0 saturated carbocycles. The molecule has 3 heterocycles. The van der Waals surface area contributed by atoms with Crippen LogP contribution in [0.25, 0.3) is 16.8 Å². The Bertz CT molecular complexity index is 1600. The van der Waals surface area contributed by atoms with Crippen LogP contribution in [0.2, 0.25) is 5.02 Å². The van der Waals surface area contributed by atoms with Crippen LogP contribution in [0, 0.1) is 6.92 Å². The summed E-state index contributed by atoms with van der Waals surface area (Å²) in [5, 5.41) is 5.55. The van der Waals surface area contributed by atoms with E-state index < -0.39 is 0 Å². The average molecular weight is 491 g/mol. The molecule has 0 saturated heterocycles. The van der Waals surface area contributed by atoms with Gasteiger partial charge in [-0.15, -0.1) is 0 Å². The van der Waals surface area contributed by atoms with E-state index in [1.807, 2.05) is 79.9 Å². The molecule has 0 bridgehead atoms. The van der Waals surface area contributed by atoms with Crippen LogP contribution in [-0.4, -0.2) is 26.6 Å². The van der Waals surface area contributed by atoms with Crippen LogP contribution in [0.5, 0.6) is 0 Å². The minimum absolute atomic E-state index is 0.126. The summed E-state index contributed by atoms with van der Waals surface area (Å²) in [5.41, 5.74) is 6.29. The van der Waals surface area contributed by atoms with Gasteiger partial charge in [0.1, 0.15) is 12.2 Å². The van der Waals surface area contributed by atoms with Crippen molar-refractivity contribution in [1.82, 2.24) is 14.7 Å². The Balaban J connectivity index is 1.43. The molecule has 2 aliphatic rings. The van der Waals surface area contributed by atoms with Crippen molar-refractivity contribution in [3.8, 4) is 16.8 Å². The Morgan fingerprint density at radius 3 is 2.39 bits per heavy atom. The van der Waals surface area contributed by atoms with Gasteiger partial charge in [0, 0.05) is 22.9 Å². The minimum Gasteiger partial charge on any atom is -0.338 e. The fraction of sp³-hybridized carbons (Fsp3) is 0.100. The lowest BCUT2D eigenvalue weighted by Gasteiger charge is -2.28. The molecule has 0 amide bonds. The highest BCUT2D eigenvalue weighted by Gasteiger charge is 2.37. The van der Waals surface area contributed by atoms with Crippen molar-refractivity contribution in [2.24, 2.45) is 4.99 Å². The van der Waals surface area contributed by atoms with Crippen molar-refractivity contribution in [2.45, 2.75) is 19.1 Å². The smallest absolute Gasteiger partial charge is 0.271 e. The van der Waals surface area contributed by atoms with Gasteiger partial charge in [0.2, 0.25) is 0 Å². The SMILES string of the molecule is Cc1ccccc1-n1nc(C2C(c3ccc(-c4ccccc4Cl)cc3)=NC3C=CC=CN32)ccc1=O. The first-order valence-corrected chi connectivity index (χ1v) is 12.2. The van der Waals surface area contributed by atoms with Crippen molar-refractivity contribution in [3.05, 3.63) is 142 Å². The van der Waals surface area contributed by atoms with E-state index in [1.165, 1.54) is 4.68 Å². The lowest BCUT2D eigenvalue weighted by atomic mass is 9.97. The predicted molar refractivity (Wildman–Crippen MR) is 145 cm³/mol. The highest BCUT2D eigenvalue weighted by atomic mass is 35.5. The largest absolute Gasteiger partial charge is 0.338 e. The number of allylic oxidation sites excluding steroid dienone is 2. The number of fused-ring (bicyclic) bond motifs is 1. The molecule has 1 aromatic heterocycles. The summed E-state index contributed by atoms with van der Waals surface area (Å²) in [6, 6.07) is 27.0. The van der Waals surface area contributed by atoms with Crippen LogP contribution >= 0.6 is 11.6 Å². The molecular formula is C30H23ClN4O. The summed E-state index contributed by atoms with van der Waals surface area (Å²) in [6.45, 7) is 1.98. The number of aromatic nitrogens is 2. The summed E-state index contributed by atoms with van der Waals surface area (Å²) in [7, 11) is 0. The Morgan fingerprint density at radius 2 is 1.58 bits per heavy atom. The van der Waals surface area contributed by atoms with Gasteiger partial charge in [0.25, 0.3) is 5.56 Å². The van der Waals surface area contributed by atoms with Crippen LogP contribution in [0.3, 0.4) is 0 Å². The molecule has 0 spiro atoms. The third kappa shape index (κ3) is 3.88. The fourth-order valence-electron chi connectivity index (χ4n) is 4.79. The van der Waals surface area contributed by atoms with Crippen LogP contribution in [-0.2, 0) is 0 Å². The van der Waals surface area contributed by atoms with Crippen molar-refractivity contribution in [1.29, 1.82) is 0 Å². The summed E-state index contributed by atoms with van der Waals surface area (Å²) in [6.07, 6.45) is 7.98. The molecule has 0 radical (unpaired) electrons. The zero-order chi connectivity index (χ0) is 24.6. The van der Waals surface area contributed by atoms with Crippen molar-refractivity contribution in [2.75, 3.05) is 0 Å². The molecule has 2 unspecified atom stereocenters.